The lowest BCUT2D eigenvalue weighted by atomic mass is 9.91. The molecule has 0 atom stereocenters. The summed E-state index contributed by atoms with van der Waals surface area (Å²) in [6, 6.07) is 0. The van der Waals surface area contributed by atoms with E-state index >= 15 is 0 Å². The van der Waals surface area contributed by atoms with Crippen LogP contribution in [-0.2, 0) is 11.3 Å². The molecule has 3 rings (SSSR count). The quantitative estimate of drug-likeness (QED) is 0.830. The number of amides is 1. The number of hydrogen-bond donors (Lipinski definition) is 1. The number of aromatic nitrogens is 2. The van der Waals surface area contributed by atoms with Crippen molar-refractivity contribution < 1.29 is 4.79 Å². The van der Waals surface area contributed by atoms with Crippen LogP contribution in [0.1, 0.15) is 37.7 Å². The molecule has 2 fully saturated rings. The van der Waals surface area contributed by atoms with Crippen LogP contribution in [-0.4, -0.2) is 71.3 Å². The predicted octanol–water partition coefficient (Wildman–Crippen LogP) is 1.75. The second-order valence-corrected chi connectivity index (χ2v) is 6.63. The van der Waals surface area contributed by atoms with Crippen LogP contribution in [0.2, 0.25) is 0 Å². The summed E-state index contributed by atoms with van der Waals surface area (Å²) in [6.45, 7) is 9.74. The van der Waals surface area contributed by atoms with Gasteiger partial charge in [-0.1, -0.05) is 0 Å². The monoisotopic (exact) mass is 391 g/mol. The minimum absolute atomic E-state index is 0. The lowest BCUT2D eigenvalue weighted by Gasteiger charge is -2.32. The molecule has 25 heavy (non-hydrogen) atoms. The van der Waals surface area contributed by atoms with Crippen molar-refractivity contribution in [3.63, 3.8) is 0 Å². The van der Waals surface area contributed by atoms with Crippen molar-refractivity contribution in [3.8, 4) is 0 Å². The highest BCUT2D eigenvalue weighted by Gasteiger charge is 2.23. The Morgan fingerprint density at radius 3 is 2.48 bits per heavy atom. The van der Waals surface area contributed by atoms with Crippen molar-refractivity contribution in [1.82, 2.24) is 24.9 Å². The topological polar surface area (TPSA) is 53.4 Å². The van der Waals surface area contributed by atoms with Crippen LogP contribution in [0.15, 0.2) is 12.4 Å². The van der Waals surface area contributed by atoms with Crippen molar-refractivity contribution in [3.05, 3.63) is 18.0 Å². The number of hydrogen-bond acceptors (Lipinski definition) is 4. The van der Waals surface area contributed by atoms with Gasteiger partial charge < -0.3 is 15.1 Å². The molecule has 2 aliphatic heterocycles. The largest absolute Gasteiger partial charge is 0.340 e. The number of piperidine rings is 1. The SMILES string of the molecule is CCn1cc(C2CCN(CCC(=O)N3CCNCC3)CC2)cn1.Cl.Cl. The van der Waals surface area contributed by atoms with Gasteiger partial charge in [-0.3, -0.25) is 9.48 Å². The van der Waals surface area contributed by atoms with E-state index in [1.165, 1.54) is 18.4 Å². The molecule has 2 aliphatic rings. The minimum atomic E-state index is 0. The zero-order chi connectivity index (χ0) is 16.1. The zero-order valence-electron chi connectivity index (χ0n) is 15.0. The van der Waals surface area contributed by atoms with Gasteiger partial charge in [0.15, 0.2) is 0 Å². The summed E-state index contributed by atoms with van der Waals surface area (Å²) in [5.74, 6) is 0.952. The van der Waals surface area contributed by atoms with E-state index in [1.807, 2.05) is 15.8 Å². The van der Waals surface area contributed by atoms with E-state index in [0.717, 1.165) is 52.4 Å². The Morgan fingerprint density at radius 2 is 1.88 bits per heavy atom. The van der Waals surface area contributed by atoms with Crippen molar-refractivity contribution in [2.24, 2.45) is 0 Å². The van der Waals surface area contributed by atoms with Crippen LogP contribution in [0.25, 0.3) is 0 Å². The predicted molar refractivity (Wildman–Crippen MR) is 105 cm³/mol. The third-order valence-corrected chi connectivity index (χ3v) is 5.15. The van der Waals surface area contributed by atoms with Gasteiger partial charge in [0.1, 0.15) is 0 Å². The third kappa shape index (κ3) is 6.13. The molecule has 0 unspecified atom stereocenters. The molecule has 0 radical (unpaired) electrons. The Balaban J connectivity index is 0.00000156. The molecule has 0 saturated carbocycles. The summed E-state index contributed by atoms with van der Waals surface area (Å²) in [5.41, 5.74) is 1.38. The van der Waals surface area contributed by atoms with Crippen molar-refractivity contribution in [2.75, 3.05) is 45.8 Å². The van der Waals surface area contributed by atoms with E-state index in [0.29, 0.717) is 18.2 Å². The number of piperazine rings is 1. The third-order valence-electron chi connectivity index (χ3n) is 5.15. The van der Waals surface area contributed by atoms with Gasteiger partial charge in [-0.25, -0.2) is 0 Å². The summed E-state index contributed by atoms with van der Waals surface area (Å²) >= 11 is 0. The van der Waals surface area contributed by atoms with Crippen LogP contribution in [0.5, 0.6) is 0 Å². The van der Waals surface area contributed by atoms with E-state index in [9.17, 15) is 4.79 Å². The van der Waals surface area contributed by atoms with E-state index in [1.54, 1.807) is 0 Å². The van der Waals surface area contributed by atoms with Gasteiger partial charge in [0, 0.05) is 51.9 Å². The summed E-state index contributed by atoms with van der Waals surface area (Å²) < 4.78 is 2.01. The summed E-state index contributed by atoms with van der Waals surface area (Å²) in [5, 5.41) is 7.68. The summed E-state index contributed by atoms with van der Waals surface area (Å²) in [6.07, 6.45) is 7.24. The molecule has 1 aromatic heterocycles. The number of nitrogens with one attached hydrogen (secondary N) is 1. The van der Waals surface area contributed by atoms with Crippen molar-refractivity contribution in [2.45, 2.75) is 38.6 Å². The first-order valence-electron chi connectivity index (χ1n) is 8.99. The van der Waals surface area contributed by atoms with Gasteiger partial charge in [-0.2, -0.15) is 5.10 Å². The summed E-state index contributed by atoms with van der Waals surface area (Å²) in [7, 11) is 0. The smallest absolute Gasteiger partial charge is 0.223 e. The first-order valence-corrected chi connectivity index (χ1v) is 8.99. The van der Waals surface area contributed by atoms with Crippen LogP contribution < -0.4 is 5.32 Å². The molecule has 0 spiro atoms. The van der Waals surface area contributed by atoms with Gasteiger partial charge in [0.2, 0.25) is 5.91 Å². The van der Waals surface area contributed by atoms with Gasteiger partial charge >= 0.3 is 0 Å². The van der Waals surface area contributed by atoms with Gasteiger partial charge in [-0.15, -0.1) is 24.8 Å². The molecule has 0 aromatic carbocycles. The fraction of sp³-hybridized carbons (Fsp3) is 0.765. The summed E-state index contributed by atoms with van der Waals surface area (Å²) in [4.78, 5) is 16.7. The number of carbonyl (C=O) groups is 1. The molecule has 3 heterocycles. The van der Waals surface area contributed by atoms with Crippen molar-refractivity contribution >= 4 is 30.7 Å². The molecule has 8 heteroatoms. The average molecular weight is 392 g/mol. The normalized spacial score (nSPS) is 19.2. The second-order valence-electron chi connectivity index (χ2n) is 6.63. The van der Waals surface area contributed by atoms with Gasteiger partial charge in [-0.05, 0) is 44.3 Å². The molecule has 1 N–H and O–H groups in total. The van der Waals surface area contributed by atoms with Crippen LogP contribution >= 0.6 is 24.8 Å². The Bertz CT molecular complexity index is 511. The van der Waals surface area contributed by atoms with Crippen LogP contribution in [0.4, 0.5) is 0 Å². The molecule has 0 bridgehead atoms. The van der Waals surface area contributed by atoms with E-state index in [4.69, 9.17) is 0 Å². The number of aryl methyl sites for hydroxylation is 1. The number of halogens is 2. The number of rotatable bonds is 5. The Morgan fingerprint density at radius 1 is 1.20 bits per heavy atom. The average Bonchev–Trinajstić information content (AvgIpc) is 3.10. The number of nitrogens with zero attached hydrogens (tertiary/aromatic N) is 4. The maximum absolute atomic E-state index is 12.2. The first kappa shape index (κ1) is 22.2. The van der Waals surface area contributed by atoms with Gasteiger partial charge in [0.25, 0.3) is 0 Å². The zero-order valence-corrected chi connectivity index (χ0v) is 16.7. The Labute approximate surface area is 163 Å². The van der Waals surface area contributed by atoms with E-state index in [-0.39, 0.29) is 24.8 Å². The highest BCUT2D eigenvalue weighted by molar-refractivity contribution is 5.85. The van der Waals surface area contributed by atoms with E-state index in [2.05, 4.69) is 28.4 Å². The minimum Gasteiger partial charge on any atom is -0.340 e. The van der Waals surface area contributed by atoms with Gasteiger partial charge in [0.05, 0.1) is 6.20 Å². The number of likely N-dealkylation sites (tertiary alicyclic amines) is 1. The number of carbonyl (C=O) groups excluding carboxylic acids is 1. The Kier molecular flexibility index (Phi) is 9.79. The molecule has 144 valence electrons. The molecule has 1 amide bonds. The molecule has 6 nitrogen and oxygen atoms in total. The van der Waals surface area contributed by atoms with Crippen molar-refractivity contribution in [1.29, 1.82) is 0 Å². The molecular weight excluding hydrogens is 361 g/mol. The fourth-order valence-corrected chi connectivity index (χ4v) is 3.58. The highest BCUT2D eigenvalue weighted by atomic mass is 35.5. The van der Waals surface area contributed by atoms with Crippen LogP contribution in [0.3, 0.4) is 0 Å². The lowest BCUT2D eigenvalue weighted by molar-refractivity contribution is -0.132. The lowest BCUT2D eigenvalue weighted by Crippen LogP contribution is -2.47. The maximum atomic E-state index is 12.2. The maximum Gasteiger partial charge on any atom is 0.223 e. The standard InChI is InChI=1S/C17H29N5O.2ClH/c1-2-22-14-16(13-19-22)15-3-8-20(9-4-15)10-5-17(23)21-11-6-18-7-12-21;;/h13-15,18H,2-12H2,1H3;2*1H. The van der Waals surface area contributed by atoms with Crippen LogP contribution in [0, 0.1) is 0 Å². The fourth-order valence-electron chi connectivity index (χ4n) is 3.58. The molecule has 1 aromatic rings. The molecule has 2 saturated heterocycles. The molecule has 0 aliphatic carbocycles. The first-order chi connectivity index (χ1) is 11.3. The Hall–Kier alpha value is -0.820. The molecular formula is C17H31Cl2N5O. The second kappa shape index (κ2) is 11.0. The highest BCUT2D eigenvalue weighted by Crippen LogP contribution is 2.27. The van der Waals surface area contributed by atoms with E-state index < -0.39 is 0 Å².